The van der Waals surface area contributed by atoms with Gasteiger partial charge in [-0.15, -0.1) is 5.10 Å². The van der Waals surface area contributed by atoms with Gasteiger partial charge in [0, 0.05) is 6.42 Å². The van der Waals surface area contributed by atoms with E-state index >= 15 is 0 Å². The third-order valence-corrected chi connectivity index (χ3v) is 7.08. The van der Waals surface area contributed by atoms with Crippen LogP contribution < -0.4 is 0 Å². The number of ether oxygens (including phenoxy) is 3. The van der Waals surface area contributed by atoms with Gasteiger partial charge in [-0.25, -0.2) is 18.1 Å². The van der Waals surface area contributed by atoms with Crippen molar-refractivity contribution in [1.82, 2.24) is 25.0 Å². The van der Waals surface area contributed by atoms with E-state index < -0.39 is 21.7 Å². The van der Waals surface area contributed by atoms with Crippen LogP contribution in [0.1, 0.15) is 39.7 Å². The number of hydrogen-bond acceptors (Lipinski definition) is 10. The molecule has 166 valence electrons. The fourth-order valence-electron chi connectivity index (χ4n) is 4.02. The summed E-state index contributed by atoms with van der Waals surface area (Å²) in [5, 5.41) is 16.9. The summed E-state index contributed by atoms with van der Waals surface area (Å²) >= 11 is 6.20. The molecule has 2 aliphatic rings. The highest BCUT2D eigenvalue weighted by Crippen LogP contribution is 2.45. The van der Waals surface area contributed by atoms with E-state index in [-0.39, 0.29) is 58.7 Å². The zero-order valence-corrected chi connectivity index (χ0v) is 18.4. The summed E-state index contributed by atoms with van der Waals surface area (Å²) in [7, 11) is -3.69. The minimum absolute atomic E-state index is 0.0764. The van der Waals surface area contributed by atoms with Crippen LogP contribution in [-0.2, 0) is 24.0 Å². The van der Waals surface area contributed by atoms with Gasteiger partial charge in [-0.1, -0.05) is 23.7 Å². The van der Waals surface area contributed by atoms with Gasteiger partial charge in [0.2, 0.25) is 9.84 Å². The van der Waals surface area contributed by atoms with Crippen LogP contribution in [0.4, 0.5) is 0 Å². The molecule has 1 saturated heterocycles. The summed E-state index contributed by atoms with van der Waals surface area (Å²) in [5.74, 6) is -0.916. The second-order valence-electron chi connectivity index (χ2n) is 7.82. The molecule has 2 aromatic heterocycles. The molecule has 1 aliphatic carbocycles. The third-order valence-electron chi connectivity index (χ3n) is 5.13. The number of fused-ring (bicyclic) bond motifs is 2. The van der Waals surface area contributed by atoms with Crippen LogP contribution in [0.15, 0.2) is 5.16 Å². The van der Waals surface area contributed by atoms with Crippen molar-refractivity contribution in [2.24, 2.45) is 0 Å². The molecule has 0 amide bonds. The molecule has 0 bridgehead atoms. The van der Waals surface area contributed by atoms with E-state index in [1.165, 1.54) is 4.68 Å². The first-order chi connectivity index (χ1) is 14.2. The van der Waals surface area contributed by atoms with Crippen LogP contribution in [0.25, 0.3) is 11.2 Å². The quantitative estimate of drug-likeness (QED) is 0.467. The lowest BCUT2D eigenvalue weighted by Gasteiger charge is -2.23. The molecule has 11 nitrogen and oxygen atoms in total. The Morgan fingerprint density at radius 2 is 2.03 bits per heavy atom. The molecule has 0 aromatic carbocycles. The summed E-state index contributed by atoms with van der Waals surface area (Å²) in [6, 6.07) is -0.377. The van der Waals surface area contributed by atoms with Gasteiger partial charge in [-0.3, -0.25) is 0 Å². The Kier molecular flexibility index (Phi) is 5.75. The lowest BCUT2D eigenvalue weighted by molar-refractivity contribution is -0.171. The second-order valence-corrected chi connectivity index (χ2v) is 10.2. The van der Waals surface area contributed by atoms with Gasteiger partial charge in [0.1, 0.15) is 12.2 Å². The van der Waals surface area contributed by atoms with E-state index in [4.69, 9.17) is 30.9 Å². The summed E-state index contributed by atoms with van der Waals surface area (Å²) in [6.45, 7) is 5.42. The van der Waals surface area contributed by atoms with Crippen molar-refractivity contribution < 1.29 is 27.7 Å². The van der Waals surface area contributed by atoms with E-state index in [9.17, 15) is 8.42 Å². The largest absolute Gasteiger partial charge is 0.394 e. The van der Waals surface area contributed by atoms with Gasteiger partial charge >= 0.3 is 0 Å². The van der Waals surface area contributed by atoms with Crippen molar-refractivity contribution in [3.63, 3.8) is 0 Å². The smallest absolute Gasteiger partial charge is 0.250 e. The van der Waals surface area contributed by atoms with Gasteiger partial charge in [-0.05, 0) is 20.3 Å². The molecular formula is C17H24ClN5O6S. The first-order valence-electron chi connectivity index (χ1n) is 9.76. The number of aliphatic hydroxyl groups is 1. The van der Waals surface area contributed by atoms with Crippen LogP contribution in [0.2, 0.25) is 5.15 Å². The molecule has 30 heavy (non-hydrogen) atoms. The minimum atomic E-state index is -3.69. The highest BCUT2D eigenvalue weighted by Gasteiger charge is 2.56. The molecule has 4 atom stereocenters. The standard InChI is InChI=1S/C17H24ClN5O6S/c1-4-7-30(25,26)16-19-14(18)11-15(20-16)23(22-21-11)9-8-10(27-6-5-24)13-12(9)28-17(2,3)29-13/h9-10,12-13,24H,4-8H2,1-3H3. The van der Waals surface area contributed by atoms with E-state index in [1.807, 2.05) is 0 Å². The SMILES string of the molecule is CCCS(=O)(=O)c1nc(Cl)c2nnn(C3CC(OCCO)C4OC(C)(C)OC43)c2n1. The molecule has 0 radical (unpaired) electrons. The first-order valence-corrected chi connectivity index (χ1v) is 11.8. The number of nitrogens with zero attached hydrogens (tertiary/aromatic N) is 5. The van der Waals surface area contributed by atoms with Crippen LogP contribution in [0.5, 0.6) is 0 Å². The van der Waals surface area contributed by atoms with Crippen molar-refractivity contribution in [2.75, 3.05) is 19.0 Å². The van der Waals surface area contributed by atoms with Crippen LogP contribution >= 0.6 is 11.6 Å². The zero-order valence-electron chi connectivity index (χ0n) is 16.9. The van der Waals surface area contributed by atoms with Crippen molar-refractivity contribution in [2.45, 2.75) is 68.9 Å². The summed E-state index contributed by atoms with van der Waals surface area (Å²) < 4.78 is 44.4. The Bertz CT molecular complexity index is 1040. The Hall–Kier alpha value is -1.44. The molecule has 2 aromatic rings. The Balaban J connectivity index is 1.76. The lowest BCUT2D eigenvalue weighted by atomic mass is 10.2. The molecule has 1 saturated carbocycles. The predicted octanol–water partition coefficient (Wildman–Crippen LogP) is 0.901. The third kappa shape index (κ3) is 3.80. The van der Waals surface area contributed by atoms with Gasteiger partial charge < -0.3 is 19.3 Å². The molecule has 1 N–H and O–H groups in total. The number of hydrogen-bond donors (Lipinski definition) is 1. The molecule has 3 heterocycles. The Morgan fingerprint density at radius 1 is 1.30 bits per heavy atom. The molecule has 13 heteroatoms. The normalized spacial score (nSPS) is 28.3. The summed E-state index contributed by atoms with van der Waals surface area (Å²) in [6.07, 6.45) is -0.249. The number of sulfone groups is 1. The van der Waals surface area contributed by atoms with Crippen LogP contribution in [0.3, 0.4) is 0 Å². The van der Waals surface area contributed by atoms with Gasteiger partial charge in [0.25, 0.3) is 5.16 Å². The van der Waals surface area contributed by atoms with Gasteiger partial charge in [0.15, 0.2) is 22.1 Å². The van der Waals surface area contributed by atoms with Crippen molar-refractivity contribution in [1.29, 1.82) is 0 Å². The predicted molar refractivity (Wildman–Crippen MR) is 105 cm³/mol. The van der Waals surface area contributed by atoms with Crippen molar-refractivity contribution >= 4 is 32.6 Å². The number of aromatic nitrogens is 5. The molecular weight excluding hydrogens is 438 g/mol. The lowest BCUT2D eigenvalue weighted by Crippen LogP contribution is -2.31. The maximum Gasteiger partial charge on any atom is 0.250 e. The number of rotatable bonds is 7. The fraction of sp³-hybridized carbons (Fsp3) is 0.765. The molecule has 4 rings (SSSR count). The molecule has 4 unspecified atom stereocenters. The van der Waals surface area contributed by atoms with Crippen LogP contribution in [0, 0.1) is 0 Å². The van der Waals surface area contributed by atoms with Crippen LogP contribution in [-0.4, -0.2) is 81.6 Å². The van der Waals surface area contributed by atoms with E-state index in [0.29, 0.717) is 12.8 Å². The highest BCUT2D eigenvalue weighted by molar-refractivity contribution is 7.91. The summed E-state index contributed by atoms with van der Waals surface area (Å²) in [5.41, 5.74) is 0.422. The molecule has 2 fully saturated rings. The average molecular weight is 462 g/mol. The Morgan fingerprint density at radius 3 is 2.73 bits per heavy atom. The molecule has 1 aliphatic heterocycles. The number of aliphatic hydroxyl groups excluding tert-OH is 1. The summed E-state index contributed by atoms with van der Waals surface area (Å²) in [4.78, 5) is 8.16. The number of halogens is 1. The van der Waals surface area contributed by atoms with E-state index in [1.54, 1.807) is 20.8 Å². The van der Waals surface area contributed by atoms with E-state index in [2.05, 4.69) is 20.3 Å². The van der Waals surface area contributed by atoms with Crippen molar-refractivity contribution in [3.8, 4) is 0 Å². The maximum atomic E-state index is 12.5. The second kappa shape index (κ2) is 7.92. The monoisotopic (exact) mass is 461 g/mol. The minimum Gasteiger partial charge on any atom is -0.394 e. The maximum absolute atomic E-state index is 12.5. The average Bonchev–Trinajstić information content (AvgIpc) is 3.31. The Labute approximate surface area is 178 Å². The topological polar surface area (TPSA) is 139 Å². The van der Waals surface area contributed by atoms with Gasteiger partial charge in [-0.2, -0.15) is 4.98 Å². The van der Waals surface area contributed by atoms with E-state index in [0.717, 1.165) is 0 Å². The fourth-order valence-corrected chi connectivity index (χ4v) is 5.44. The van der Waals surface area contributed by atoms with Gasteiger partial charge in [0.05, 0.1) is 31.1 Å². The highest BCUT2D eigenvalue weighted by atomic mass is 35.5. The first kappa shape index (κ1) is 21.8. The molecule has 0 spiro atoms. The van der Waals surface area contributed by atoms with Crippen molar-refractivity contribution in [3.05, 3.63) is 5.15 Å². The zero-order chi connectivity index (χ0) is 21.7.